The zero-order valence-corrected chi connectivity index (χ0v) is 16.9. The van der Waals surface area contributed by atoms with Crippen molar-refractivity contribution in [3.63, 3.8) is 0 Å². The SMILES string of the molecule is CC(=O)N1C[C@H]2CN(C(=O)Nc3ccc(C)c(F)c3)C[C@@]2(C(=O)N2CCCC2)C1. The Hall–Kier alpha value is -2.64. The standard InChI is InChI=1S/C21H27FN4O3/c1-14-5-6-17(9-18(14)22)23-20(29)26-11-16-10-25(15(2)27)12-21(16,13-26)19(28)24-7-3-4-8-24/h5-6,9,16H,3-4,7-8,10-13H2,1-2H3,(H,23,29)/t16-,21-/m0/s1. The van der Waals surface area contributed by atoms with E-state index in [1.54, 1.807) is 28.9 Å². The minimum absolute atomic E-state index is 0.0425. The average Bonchev–Trinajstić information content (AvgIpc) is 3.38. The van der Waals surface area contributed by atoms with Crippen LogP contribution < -0.4 is 5.32 Å². The minimum atomic E-state index is -0.744. The Bertz CT molecular complexity index is 854. The molecular formula is C21H27FN4O3. The third-order valence-corrected chi connectivity index (χ3v) is 6.58. The van der Waals surface area contributed by atoms with Crippen molar-refractivity contribution in [1.29, 1.82) is 0 Å². The number of anilines is 1. The summed E-state index contributed by atoms with van der Waals surface area (Å²) in [6.07, 6.45) is 1.98. The van der Waals surface area contributed by atoms with E-state index in [0.29, 0.717) is 30.9 Å². The van der Waals surface area contributed by atoms with Crippen LogP contribution in [0.15, 0.2) is 18.2 Å². The van der Waals surface area contributed by atoms with E-state index in [2.05, 4.69) is 5.32 Å². The van der Waals surface area contributed by atoms with Gasteiger partial charge in [0, 0.05) is 57.8 Å². The number of carbonyl (C=O) groups is 3. The van der Waals surface area contributed by atoms with Crippen LogP contribution in [0.3, 0.4) is 0 Å². The quantitative estimate of drug-likeness (QED) is 0.823. The van der Waals surface area contributed by atoms with Gasteiger partial charge in [-0.1, -0.05) is 6.07 Å². The molecule has 0 spiro atoms. The molecule has 3 fully saturated rings. The lowest BCUT2D eigenvalue weighted by molar-refractivity contribution is -0.141. The summed E-state index contributed by atoms with van der Waals surface area (Å²) in [6.45, 7) is 6.18. The maximum atomic E-state index is 13.8. The van der Waals surface area contributed by atoms with Gasteiger partial charge in [0.25, 0.3) is 0 Å². The molecule has 0 unspecified atom stereocenters. The first-order valence-electron chi connectivity index (χ1n) is 10.2. The number of hydrogen-bond acceptors (Lipinski definition) is 3. The maximum Gasteiger partial charge on any atom is 0.321 e. The molecule has 0 aromatic heterocycles. The highest BCUT2D eigenvalue weighted by Crippen LogP contribution is 2.44. The second-order valence-electron chi connectivity index (χ2n) is 8.53. The third kappa shape index (κ3) is 3.45. The number of hydrogen-bond donors (Lipinski definition) is 1. The Labute approximate surface area is 169 Å². The van der Waals surface area contributed by atoms with Crippen molar-refractivity contribution in [2.24, 2.45) is 11.3 Å². The summed E-state index contributed by atoms with van der Waals surface area (Å²) in [7, 11) is 0. The molecule has 29 heavy (non-hydrogen) atoms. The van der Waals surface area contributed by atoms with Crippen LogP contribution in [0.5, 0.6) is 0 Å². The van der Waals surface area contributed by atoms with Crippen molar-refractivity contribution >= 4 is 23.5 Å². The first-order chi connectivity index (χ1) is 13.8. The van der Waals surface area contributed by atoms with Crippen molar-refractivity contribution in [3.8, 4) is 0 Å². The molecule has 8 heteroatoms. The molecule has 0 saturated carbocycles. The molecule has 156 valence electrons. The van der Waals surface area contributed by atoms with Crippen molar-refractivity contribution in [1.82, 2.24) is 14.7 Å². The molecule has 0 aliphatic carbocycles. The topological polar surface area (TPSA) is 73.0 Å². The Morgan fingerprint density at radius 1 is 1.07 bits per heavy atom. The van der Waals surface area contributed by atoms with Gasteiger partial charge in [-0.25, -0.2) is 9.18 Å². The number of nitrogens with zero attached hydrogens (tertiary/aromatic N) is 3. The molecule has 0 bridgehead atoms. The molecule has 4 rings (SSSR count). The number of rotatable bonds is 2. The van der Waals surface area contributed by atoms with E-state index in [1.807, 2.05) is 4.90 Å². The fourth-order valence-corrected chi connectivity index (χ4v) is 4.87. The van der Waals surface area contributed by atoms with E-state index in [9.17, 15) is 18.8 Å². The van der Waals surface area contributed by atoms with Gasteiger partial charge in [-0.3, -0.25) is 9.59 Å². The third-order valence-electron chi connectivity index (χ3n) is 6.58. The van der Waals surface area contributed by atoms with Crippen LogP contribution in [0.4, 0.5) is 14.9 Å². The lowest BCUT2D eigenvalue weighted by Gasteiger charge is -2.32. The van der Waals surface area contributed by atoms with Gasteiger partial charge in [-0.2, -0.15) is 0 Å². The number of carbonyl (C=O) groups excluding carboxylic acids is 3. The van der Waals surface area contributed by atoms with Crippen LogP contribution in [0.1, 0.15) is 25.3 Å². The molecule has 2 atom stereocenters. The van der Waals surface area contributed by atoms with Crippen LogP contribution in [0.25, 0.3) is 0 Å². The van der Waals surface area contributed by atoms with E-state index >= 15 is 0 Å². The molecule has 7 nitrogen and oxygen atoms in total. The van der Waals surface area contributed by atoms with Gasteiger partial charge in [0.2, 0.25) is 11.8 Å². The first kappa shape index (κ1) is 19.7. The average molecular weight is 402 g/mol. The van der Waals surface area contributed by atoms with E-state index < -0.39 is 5.41 Å². The minimum Gasteiger partial charge on any atom is -0.342 e. The summed E-state index contributed by atoms with van der Waals surface area (Å²) >= 11 is 0. The van der Waals surface area contributed by atoms with E-state index in [4.69, 9.17) is 0 Å². The Balaban J connectivity index is 1.53. The Kier molecular flexibility index (Phi) is 4.96. The van der Waals surface area contributed by atoms with Crippen LogP contribution in [-0.2, 0) is 9.59 Å². The Morgan fingerprint density at radius 3 is 2.38 bits per heavy atom. The van der Waals surface area contributed by atoms with Crippen molar-refractivity contribution in [2.75, 3.05) is 44.6 Å². The van der Waals surface area contributed by atoms with Crippen molar-refractivity contribution < 1.29 is 18.8 Å². The van der Waals surface area contributed by atoms with Gasteiger partial charge in [-0.15, -0.1) is 0 Å². The monoisotopic (exact) mass is 402 g/mol. The number of amides is 4. The number of urea groups is 1. The van der Waals surface area contributed by atoms with Crippen LogP contribution in [-0.4, -0.2) is 71.8 Å². The molecule has 1 aromatic rings. The second-order valence-corrected chi connectivity index (χ2v) is 8.53. The molecular weight excluding hydrogens is 375 g/mol. The zero-order chi connectivity index (χ0) is 20.8. The van der Waals surface area contributed by atoms with Crippen molar-refractivity contribution in [3.05, 3.63) is 29.6 Å². The molecule has 4 amide bonds. The van der Waals surface area contributed by atoms with Crippen LogP contribution in [0.2, 0.25) is 0 Å². The number of benzene rings is 1. The van der Waals surface area contributed by atoms with Gasteiger partial charge in [-0.05, 0) is 37.5 Å². The zero-order valence-electron chi connectivity index (χ0n) is 16.9. The lowest BCUT2D eigenvalue weighted by Crippen LogP contribution is -2.49. The summed E-state index contributed by atoms with van der Waals surface area (Å²) in [4.78, 5) is 43.4. The normalized spacial score (nSPS) is 26.0. The molecule has 3 aliphatic rings. The second kappa shape index (κ2) is 7.31. The number of halogens is 1. The fourth-order valence-electron chi connectivity index (χ4n) is 4.87. The summed E-state index contributed by atoms with van der Waals surface area (Å²) in [5, 5.41) is 2.74. The predicted octanol–water partition coefficient (Wildman–Crippen LogP) is 2.07. The van der Waals surface area contributed by atoms with Gasteiger partial charge in [0.1, 0.15) is 5.82 Å². The van der Waals surface area contributed by atoms with E-state index in [0.717, 1.165) is 25.9 Å². The highest BCUT2D eigenvalue weighted by atomic mass is 19.1. The smallest absolute Gasteiger partial charge is 0.321 e. The van der Waals surface area contributed by atoms with Gasteiger partial charge in [0.15, 0.2) is 0 Å². The highest BCUT2D eigenvalue weighted by Gasteiger charge is 2.59. The van der Waals surface area contributed by atoms with E-state index in [1.165, 1.54) is 13.0 Å². The molecule has 3 saturated heterocycles. The number of likely N-dealkylation sites (tertiary alicyclic amines) is 3. The van der Waals surface area contributed by atoms with Crippen LogP contribution >= 0.6 is 0 Å². The first-order valence-corrected chi connectivity index (χ1v) is 10.2. The van der Waals surface area contributed by atoms with Gasteiger partial charge >= 0.3 is 6.03 Å². The maximum absolute atomic E-state index is 13.8. The summed E-state index contributed by atoms with van der Waals surface area (Å²) in [5.41, 5.74) is 0.157. The fraction of sp³-hybridized carbons (Fsp3) is 0.571. The van der Waals surface area contributed by atoms with Crippen molar-refractivity contribution in [2.45, 2.75) is 26.7 Å². The summed E-state index contributed by atoms with van der Waals surface area (Å²) < 4.78 is 13.8. The highest BCUT2D eigenvalue weighted by molar-refractivity contribution is 5.92. The lowest BCUT2D eigenvalue weighted by atomic mass is 9.79. The molecule has 3 heterocycles. The number of nitrogens with one attached hydrogen (secondary N) is 1. The molecule has 0 radical (unpaired) electrons. The largest absolute Gasteiger partial charge is 0.342 e. The Morgan fingerprint density at radius 2 is 1.72 bits per heavy atom. The summed E-state index contributed by atoms with van der Waals surface area (Å²) in [5.74, 6) is -0.446. The number of fused-ring (bicyclic) bond motifs is 1. The van der Waals surface area contributed by atoms with Gasteiger partial charge < -0.3 is 20.0 Å². The van der Waals surface area contributed by atoms with Gasteiger partial charge in [0.05, 0.1) is 5.41 Å². The molecule has 3 aliphatic heterocycles. The van der Waals surface area contributed by atoms with E-state index in [-0.39, 0.29) is 36.1 Å². The molecule has 1 N–H and O–H groups in total. The predicted molar refractivity (Wildman–Crippen MR) is 106 cm³/mol. The summed E-state index contributed by atoms with van der Waals surface area (Å²) in [6, 6.07) is 4.24. The number of aryl methyl sites for hydroxylation is 1. The van der Waals surface area contributed by atoms with Crippen LogP contribution in [0, 0.1) is 24.1 Å². The molecule has 1 aromatic carbocycles.